The van der Waals surface area contributed by atoms with Crippen LogP contribution in [0, 0.1) is 5.82 Å². The van der Waals surface area contributed by atoms with E-state index < -0.39 is 24.3 Å². The second-order valence-corrected chi connectivity index (χ2v) is 5.47. The van der Waals surface area contributed by atoms with Crippen molar-refractivity contribution >= 4 is 17.6 Å². The molecule has 4 nitrogen and oxygen atoms in total. The zero-order chi connectivity index (χ0) is 16.2. The number of hydrogen-bond donors (Lipinski definition) is 1. The molecule has 0 spiro atoms. The van der Waals surface area contributed by atoms with Crippen LogP contribution in [0.15, 0.2) is 42.5 Å². The molecule has 0 unspecified atom stereocenters. The molecule has 0 heterocycles. The summed E-state index contributed by atoms with van der Waals surface area (Å²) in [4.78, 5) is 23.6. The lowest BCUT2D eigenvalue weighted by Gasteiger charge is -2.08. The topological polar surface area (TPSA) is 55.4 Å². The number of hydrogen-bond acceptors (Lipinski definition) is 3. The SMILES string of the molecule is O=C(COC(=O)c1cccc(F)c1)Nc1ccc2c(c1)CCC2. The Morgan fingerprint density at radius 2 is 1.91 bits per heavy atom. The number of rotatable bonds is 4. The fourth-order valence-electron chi connectivity index (χ4n) is 2.68. The zero-order valence-corrected chi connectivity index (χ0v) is 12.5. The van der Waals surface area contributed by atoms with Gasteiger partial charge in [-0.2, -0.15) is 0 Å². The van der Waals surface area contributed by atoms with Crippen LogP contribution in [0.4, 0.5) is 10.1 Å². The quantitative estimate of drug-likeness (QED) is 0.882. The third-order valence-corrected chi connectivity index (χ3v) is 3.78. The number of halogens is 1. The van der Waals surface area contributed by atoms with Gasteiger partial charge in [0.1, 0.15) is 5.82 Å². The van der Waals surface area contributed by atoms with Gasteiger partial charge >= 0.3 is 5.97 Å². The molecule has 1 N–H and O–H groups in total. The van der Waals surface area contributed by atoms with Crippen LogP contribution in [-0.4, -0.2) is 18.5 Å². The molecule has 5 heteroatoms. The van der Waals surface area contributed by atoms with E-state index in [1.807, 2.05) is 18.2 Å². The maximum Gasteiger partial charge on any atom is 0.338 e. The molecule has 118 valence electrons. The predicted molar refractivity (Wildman–Crippen MR) is 83.8 cm³/mol. The van der Waals surface area contributed by atoms with Gasteiger partial charge in [0.25, 0.3) is 5.91 Å². The molecule has 0 radical (unpaired) electrons. The summed E-state index contributed by atoms with van der Waals surface area (Å²) in [6.45, 7) is -0.410. The second-order valence-electron chi connectivity index (χ2n) is 5.47. The maximum atomic E-state index is 13.0. The first-order valence-electron chi connectivity index (χ1n) is 7.46. The van der Waals surface area contributed by atoms with E-state index >= 15 is 0 Å². The number of benzene rings is 2. The summed E-state index contributed by atoms with van der Waals surface area (Å²) in [5, 5.41) is 2.70. The highest BCUT2D eigenvalue weighted by Crippen LogP contribution is 2.24. The number of carbonyl (C=O) groups is 2. The number of carbonyl (C=O) groups excluding carboxylic acids is 2. The van der Waals surface area contributed by atoms with Gasteiger partial charge in [0.15, 0.2) is 6.61 Å². The average Bonchev–Trinajstić information content (AvgIpc) is 3.00. The molecular formula is C18H16FNO3. The fraction of sp³-hybridized carbons (Fsp3) is 0.222. The molecule has 0 bridgehead atoms. The minimum Gasteiger partial charge on any atom is -0.452 e. The highest BCUT2D eigenvalue weighted by atomic mass is 19.1. The van der Waals surface area contributed by atoms with E-state index in [9.17, 15) is 14.0 Å². The molecule has 0 atom stereocenters. The van der Waals surface area contributed by atoms with Crippen LogP contribution in [0.25, 0.3) is 0 Å². The van der Waals surface area contributed by atoms with Gasteiger partial charge in [-0.25, -0.2) is 9.18 Å². The first-order valence-corrected chi connectivity index (χ1v) is 7.46. The number of ether oxygens (including phenoxy) is 1. The molecule has 1 aliphatic carbocycles. The number of esters is 1. The summed E-state index contributed by atoms with van der Waals surface area (Å²) in [5.41, 5.74) is 3.34. The lowest BCUT2D eigenvalue weighted by atomic mass is 10.1. The van der Waals surface area contributed by atoms with Crippen molar-refractivity contribution in [1.29, 1.82) is 0 Å². The zero-order valence-electron chi connectivity index (χ0n) is 12.5. The molecule has 2 aromatic carbocycles. The number of nitrogens with one attached hydrogen (secondary N) is 1. The van der Waals surface area contributed by atoms with E-state index in [1.54, 1.807) is 0 Å². The maximum absolute atomic E-state index is 13.0. The Labute approximate surface area is 133 Å². The Balaban J connectivity index is 1.54. The molecule has 2 aromatic rings. The van der Waals surface area contributed by atoms with Gasteiger partial charge in [0.05, 0.1) is 5.56 Å². The van der Waals surface area contributed by atoms with Gasteiger partial charge in [-0.3, -0.25) is 4.79 Å². The highest BCUT2D eigenvalue weighted by Gasteiger charge is 2.13. The van der Waals surface area contributed by atoms with E-state index in [4.69, 9.17) is 4.74 Å². The summed E-state index contributed by atoms with van der Waals surface area (Å²) in [7, 11) is 0. The summed E-state index contributed by atoms with van der Waals surface area (Å²) >= 11 is 0. The van der Waals surface area contributed by atoms with Crippen molar-refractivity contribution in [2.75, 3.05) is 11.9 Å². The molecule has 1 amide bonds. The fourth-order valence-corrected chi connectivity index (χ4v) is 2.68. The lowest BCUT2D eigenvalue weighted by Crippen LogP contribution is -2.21. The Morgan fingerprint density at radius 3 is 2.74 bits per heavy atom. The van der Waals surface area contributed by atoms with Gasteiger partial charge in [0, 0.05) is 5.69 Å². The van der Waals surface area contributed by atoms with Crippen molar-refractivity contribution in [3.63, 3.8) is 0 Å². The molecule has 3 rings (SSSR count). The third kappa shape index (κ3) is 3.74. The second kappa shape index (κ2) is 6.60. The van der Waals surface area contributed by atoms with E-state index in [0.717, 1.165) is 25.3 Å². The van der Waals surface area contributed by atoms with Crippen molar-refractivity contribution in [3.05, 3.63) is 65.0 Å². The number of anilines is 1. The summed E-state index contributed by atoms with van der Waals surface area (Å²) in [5.74, 6) is -1.68. The summed E-state index contributed by atoms with van der Waals surface area (Å²) < 4.78 is 17.9. The molecule has 0 fully saturated rings. The third-order valence-electron chi connectivity index (χ3n) is 3.78. The largest absolute Gasteiger partial charge is 0.452 e. The molecular weight excluding hydrogens is 297 g/mol. The molecule has 0 saturated carbocycles. The van der Waals surface area contributed by atoms with Crippen LogP contribution in [0.3, 0.4) is 0 Å². The van der Waals surface area contributed by atoms with Crippen molar-refractivity contribution in [3.8, 4) is 0 Å². The number of fused-ring (bicyclic) bond motifs is 1. The van der Waals surface area contributed by atoms with Crippen molar-refractivity contribution < 1.29 is 18.7 Å². The van der Waals surface area contributed by atoms with Gasteiger partial charge in [0.2, 0.25) is 0 Å². The Morgan fingerprint density at radius 1 is 1.09 bits per heavy atom. The summed E-state index contributed by atoms with van der Waals surface area (Å²) in [6, 6.07) is 11.0. The number of aryl methyl sites for hydroxylation is 2. The smallest absolute Gasteiger partial charge is 0.338 e. The van der Waals surface area contributed by atoms with Crippen LogP contribution in [-0.2, 0) is 22.4 Å². The van der Waals surface area contributed by atoms with Crippen LogP contribution >= 0.6 is 0 Å². The molecule has 1 aliphatic rings. The Bertz CT molecular complexity index is 758. The van der Waals surface area contributed by atoms with Crippen molar-refractivity contribution in [2.24, 2.45) is 0 Å². The van der Waals surface area contributed by atoms with Crippen LogP contribution in [0.2, 0.25) is 0 Å². The standard InChI is InChI=1S/C18H16FNO3/c19-15-6-2-5-14(9-15)18(22)23-11-17(21)20-16-8-7-12-3-1-4-13(12)10-16/h2,5-10H,1,3-4,11H2,(H,20,21). The van der Waals surface area contributed by atoms with Gasteiger partial charge in [-0.15, -0.1) is 0 Å². The minimum absolute atomic E-state index is 0.0790. The van der Waals surface area contributed by atoms with Crippen molar-refractivity contribution in [1.82, 2.24) is 0 Å². The molecule has 23 heavy (non-hydrogen) atoms. The highest BCUT2D eigenvalue weighted by molar-refractivity contribution is 5.95. The van der Waals surface area contributed by atoms with Crippen LogP contribution in [0.1, 0.15) is 27.9 Å². The van der Waals surface area contributed by atoms with Crippen molar-refractivity contribution in [2.45, 2.75) is 19.3 Å². The van der Waals surface area contributed by atoms with Crippen LogP contribution in [0.5, 0.6) is 0 Å². The van der Waals surface area contributed by atoms with Crippen LogP contribution < -0.4 is 5.32 Å². The van der Waals surface area contributed by atoms with E-state index in [0.29, 0.717) is 5.69 Å². The number of amides is 1. The predicted octanol–water partition coefficient (Wildman–Crippen LogP) is 3.11. The first kappa shape index (κ1) is 15.2. The lowest BCUT2D eigenvalue weighted by molar-refractivity contribution is -0.119. The average molecular weight is 313 g/mol. The summed E-state index contributed by atoms with van der Waals surface area (Å²) in [6.07, 6.45) is 3.24. The first-order chi connectivity index (χ1) is 11.1. The van der Waals surface area contributed by atoms with E-state index in [-0.39, 0.29) is 5.56 Å². The Kier molecular flexibility index (Phi) is 4.37. The van der Waals surface area contributed by atoms with Gasteiger partial charge < -0.3 is 10.1 Å². The molecule has 0 aromatic heterocycles. The monoisotopic (exact) mass is 313 g/mol. The Hall–Kier alpha value is -2.69. The van der Waals surface area contributed by atoms with Gasteiger partial charge in [-0.1, -0.05) is 12.1 Å². The molecule has 0 aliphatic heterocycles. The van der Waals surface area contributed by atoms with Gasteiger partial charge in [-0.05, 0) is 60.7 Å². The van der Waals surface area contributed by atoms with E-state index in [2.05, 4.69) is 5.32 Å². The molecule has 0 saturated heterocycles. The van der Waals surface area contributed by atoms with E-state index in [1.165, 1.54) is 29.3 Å². The minimum atomic E-state index is -0.728. The normalized spacial score (nSPS) is 12.6.